The lowest BCUT2D eigenvalue weighted by Gasteiger charge is -2.42. The number of aryl methyl sites for hydroxylation is 2. The first-order chi connectivity index (χ1) is 20.3. The number of benzene rings is 3. The number of amides is 2. The molecule has 0 bridgehead atoms. The Bertz CT molecular complexity index is 1550. The topological polar surface area (TPSA) is 160 Å². The number of hydrogen-bond donors (Lipinski definition) is 5. The Hall–Kier alpha value is -4.83. The standard InChI is InChI=1S/C33H39N5O5/c1-19-13-24(30(35)39)14-20(2)25(19)16-27(34)31(40)38(18-22-11-12-29(43-5)26(15-22)32(41)42)21(3)33(4)36-17-28(37-33)23-9-7-6-8-10-23/h6-15,17,21,27,36-37H,16,18,34H2,1-5H3,(H2,35,39)(H,41,42)/t21-,27?,33?/m0/s1. The molecule has 0 spiro atoms. The van der Waals surface area contributed by atoms with Crippen LogP contribution >= 0.6 is 0 Å². The molecule has 1 heterocycles. The van der Waals surface area contributed by atoms with Crippen molar-refractivity contribution in [2.24, 2.45) is 11.5 Å². The lowest BCUT2D eigenvalue weighted by Crippen LogP contribution is -2.63. The summed E-state index contributed by atoms with van der Waals surface area (Å²) in [5.74, 6) is -1.73. The molecule has 10 heteroatoms. The van der Waals surface area contributed by atoms with Gasteiger partial charge in [-0.2, -0.15) is 0 Å². The Labute approximate surface area is 251 Å². The van der Waals surface area contributed by atoms with Gasteiger partial charge in [-0.25, -0.2) is 4.79 Å². The Kier molecular flexibility index (Phi) is 9.10. The van der Waals surface area contributed by atoms with Crippen molar-refractivity contribution in [2.45, 2.75) is 58.4 Å². The van der Waals surface area contributed by atoms with Crippen LogP contribution in [-0.2, 0) is 17.8 Å². The number of ether oxygens (including phenoxy) is 1. The quantitative estimate of drug-likeness (QED) is 0.229. The summed E-state index contributed by atoms with van der Waals surface area (Å²) >= 11 is 0. The van der Waals surface area contributed by atoms with Crippen molar-refractivity contribution >= 4 is 23.5 Å². The van der Waals surface area contributed by atoms with Gasteiger partial charge in [0.2, 0.25) is 11.8 Å². The van der Waals surface area contributed by atoms with Crippen molar-refractivity contribution < 1.29 is 24.2 Å². The molecule has 1 aliphatic rings. The van der Waals surface area contributed by atoms with Gasteiger partial charge in [-0.15, -0.1) is 0 Å². The van der Waals surface area contributed by atoms with Crippen LogP contribution in [0, 0.1) is 13.8 Å². The van der Waals surface area contributed by atoms with E-state index in [4.69, 9.17) is 16.2 Å². The molecule has 0 aromatic heterocycles. The van der Waals surface area contributed by atoms with Gasteiger partial charge < -0.3 is 36.8 Å². The molecule has 43 heavy (non-hydrogen) atoms. The largest absolute Gasteiger partial charge is 0.496 e. The van der Waals surface area contributed by atoms with Gasteiger partial charge in [-0.3, -0.25) is 9.59 Å². The van der Waals surface area contributed by atoms with E-state index in [-0.39, 0.29) is 30.2 Å². The molecule has 0 saturated carbocycles. The average molecular weight is 586 g/mol. The minimum atomic E-state index is -1.13. The van der Waals surface area contributed by atoms with Crippen LogP contribution in [0.15, 0.2) is 66.9 Å². The molecule has 226 valence electrons. The fourth-order valence-corrected chi connectivity index (χ4v) is 5.48. The summed E-state index contributed by atoms with van der Waals surface area (Å²) in [6.45, 7) is 7.72. The monoisotopic (exact) mass is 585 g/mol. The maximum atomic E-state index is 14.2. The van der Waals surface area contributed by atoms with E-state index in [0.29, 0.717) is 11.1 Å². The molecule has 4 rings (SSSR count). The second kappa shape index (κ2) is 12.6. The molecule has 0 saturated heterocycles. The molecule has 2 amide bonds. The number of carbonyl (C=O) groups excluding carboxylic acids is 2. The van der Waals surface area contributed by atoms with Crippen molar-refractivity contribution in [1.29, 1.82) is 0 Å². The number of carboxylic acid groups (broad SMARTS) is 1. The summed E-state index contributed by atoms with van der Waals surface area (Å²) in [4.78, 5) is 39.5. The van der Waals surface area contributed by atoms with E-state index in [1.54, 1.807) is 29.2 Å². The van der Waals surface area contributed by atoms with E-state index in [9.17, 15) is 19.5 Å². The average Bonchev–Trinajstić information content (AvgIpc) is 3.40. The predicted octanol–water partition coefficient (Wildman–Crippen LogP) is 3.30. The van der Waals surface area contributed by atoms with Crippen LogP contribution in [0.2, 0.25) is 0 Å². The zero-order valence-corrected chi connectivity index (χ0v) is 25.1. The number of aromatic carboxylic acids is 1. The number of hydrogen-bond acceptors (Lipinski definition) is 7. The molecule has 7 N–H and O–H groups in total. The second-order valence-electron chi connectivity index (χ2n) is 11.1. The highest BCUT2D eigenvalue weighted by molar-refractivity contribution is 5.93. The Morgan fingerprint density at radius 1 is 1.05 bits per heavy atom. The highest BCUT2D eigenvalue weighted by atomic mass is 16.5. The summed E-state index contributed by atoms with van der Waals surface area (Å²) < 4.78 is 5.23. The summed E-state index contributed by atoms with van der Waals surface area (Å²) in [7, 11) is 1.41. The fourth-order valence-electron chi connectivity index (χ4n) is 5.48. The van der Waals surface area contributed by atoms with Crippen molar-refractivity contribution in [1.82, 2.24) is 15.5 Å². The van der Waals surface area contributed by atoms with Crippen molar-refractivity contribution in [2.75, 3.05) is 7.11 Å². The van der Waals surface area contributed by atoms with Crippen molar-refractivity contribution in [3.8, 4) is 5.75 Å². The number of methoxy groups -OCH3 is 1. The molecule has 0 radical (unpaired) electrons. The number of primary amides is 1. The molecule has 1 aliphatic heterocycles. The third-order valence-corrected chi connectivity index (χ3v) is 8.15. The fraction of sp³-hybridized carbons (Fsp3) is 0.303. The first kappa shape index (κ1) is 31.1. The van der Waals surface area contributed by atoms with Crippen molar-refractivity contribution in [3.63, 3.8) is 0 Å². The molecule has 3 aromatic rings. The SMILES string of the molecule is COc1ccc(CN(C(=O)C(N)Cc2c(C)cc(C(N)=O)cc2C)[C@@H](C)C2(C)NC=C(c3ccccc3)N2)cc1C(=O)O. The molecule has 10 nitrogen and oxygen atoms in total. The van der Waals surface area contributed by atoms with E-state index in [1.807, 2.05) is 64.2 Å². The van der Waals surface area contributed by atoms with Gasteiger partial charge in [0, 0.05) is 18.3 Å². The van der Waals surface area contributed by atoms with Gasteiger partial charge in [0.25, 0.3) is 0 Å². The maximum Gasteiger partial charge on any atom is 0.339 e. The third kappa shape index (κ3) is 6.65. The second-order valence-corrected chi connectivity index (χ2v) is 11.1. The first-order valence-electron chi connectivity index (χ1n) is 14.0. The van der Waals surface area contributed by atoms with Gasteiger partial charge in [-0.1, -0.05) is 36.4 Å². The van der Waals surface area contributed by atoms with E-state index in [0.717, 1.165) is 28.0 Å². The van der Waals surface area contributed by atoms with Crippen LogP contribution in [0.4, 0.5) is 0 Å². The van der Waals surface area contributed by atoms with Gasteiger partial charge in [0.15, 0.2) is 0 Å². The minimum Gasteiger partial charge on any atom is -0.496 e. The molecular weight excluding hydrogens is 546 g/mol. The smallest absolute Gasteiger partial charge is 0.339 e. The predicted molar refractivity (Wildman–Crippen MR) is 165 cm³/mol. The van der Waals surface area contributed by atoms with Crippen LogP contribution in [0.25, 0.3) is 5.70 Å². The summed E-state index contributed by atoms with van der Waals surface area (Å²) in [5, 5.41) is 16.7. The molecule has 3 atom stereocenters. The van der Waals surface area contributed by atoms with Crippen LogP contribution < -0.4 is 26.8 Å². The molecule has 3 aromatic carbocycles. The number of nitrogens with one attached hydrogen (secondary N) is 2. The van der Waals surface area contributed by atoms with Crippen LogP contribution in [0.1, 0.15) is 62.4 Å². The third-order valence-electron chi connectivity index (χ3n) is 8.15. The highest BCUT2D eigenvalue weighted by Crippen LogP contribution is 2.28. The molecule has 2 unspecified atom stereocenters. The van der Waals surface area contributed by atoms with Gasteiger partial charge in [0.05, 0.1) is 24.9 Å². The summed E-state index contributed by atoms with van der Waals surface area (Å²) in [6.07, 6.45) is 2.13. The van der Waals surface area contributed by atoms with Gasteiger partial charge in [-0.05, 0) is 86.2 Å². The maximum absolute atomic E-state index is 14.2. The molecule has 0 aliphatic carbocycles. The number of carboxylic acids is 1. The zero-order valence-electron chi connectivity index (χ0n) is 25.1. The Morgan fingerprint density at radius 3 is 2.28 bits per heavy atom. The minimum absolute atomic E-state index is 0.00139. The number of rotatable bonds is 11. The van der Waals surface area contributed by atoms with E-state index >= 15 is 0 Å². The Balaban J connectivity index is 1.66. The highest BCUT2D eigenvalue weighted by Gasteiger charge is 2.41. The van der Waals surface area contributed by atoms with Crippen LogP contribution in [0.5, 0.6) is 5.75 Å². The summed E-state index contributed by atoms with van der Waals surface area (Å²) in [5.41, 5.74) is 16.7. The van der Waals surface area contributed by atoms with E-state index in [2.05, 4.69) is 10.6 Å². The number of nitrogens with two attached hydrogens (primary N) is 2. The van der Waals surface area contributed by atoms with Gasteiger partial charge >= 0.3 is 5.97 Å². The van der Waals surface area contributed by atoms with Crippen molar-refractivity contribution in [3.05, 3.63) is 106 Å². The molecular formula is C33H39N5O5. The zero-order chi connectivity index (χ0) is 31.5. The van der Waals surface area contributed by atoms with E-state index in [1.165, 1.54) is 13.2 Å². The number of carbonyl (C=O) groups is 3. The van der Waals surface area contributed by atoms with E-state index < -0.39 is 29.6 Å². The Morgan fingerprint density at radius 2 is 1.70 bits per heavy atom. The number of nitrogens with zero attached hydrogens (tertiary/aromatic N) is 1. The van der Waals surface area contributed by atoms with Gasteiger partial charge in [0.1, 0.15) is 17.0 Å². The lowest BCUT2D eigenvalue weighted by atomic mass is 9.93. The van der Waals surface area contributed by atoms with Crippen LogP contribution in [-0.4, -0.2) is 52.6 Å². The molecule has 0 fully saturated rings. The van der Waals surface area contributed by atoms with Crippen LogP contribution in [0.3, 0.4) is 0 Å². The first-order valence-corrected chi connectivity index (χ1v) is 14.0. The lowest BCUT2D eigenvalue weighted by molar-refractivity contribution is -0.137. The normalized spacial score (nSPS) is 17.2. The summed E-state index contributed by atoms with van der Waals surface area (Å²) in [6, 6.07) is 16.7.